The Morgan fingerprint density at radius 2 is 1.33 bits per heavy atom. The maximum absolute atomic E-state index is 11.2. The minimum atomic E-state index is -1.56. The Labute approximate surface area is 137 Å². The largest absolute Gasteiger partial charge is 0.463 e. The van der Waals surface area contributed by atoms with Crippen molar-refractivity contribution in [3.05, 3.63) is 0 Å². The summed E-state index contributed by atoms with van der Waals surface area (Å²) in [7, 11) is 0. The second-order valence-electron chi connectivity index (χ2n) is 5.09. The highest BCUT2D eigenvalue weighted by Crippen LogP contribution is 2.27. The van der Waals surface area contributed by atoms with Crippen LogP contribution in [0.2, 0.25) is 0 Å². The van der Waals surface area contributed by atoms with E-state index in [2.05, 4.69) is 0 Å². The summed E-state index contributed by atoms with van der Waals surface area (Å²) in [5.74, 6) is -2.87. The fourth-order valence-corrected chi connectivity index (χ4v) is 2.14. The number of ether oxygens (including phenoxy) is 5. The molecule has 0 aliphatic carbocycles. The van der Waals surface area contributed by atoms with Gasteiger partial charge in [-0.1, -0.05) is 0 Å². The van der Waals surface area contributed by atoms with Crippen LogP contribution < -0.4 is 0 Å². The van der Waals surface area contributed by atoms with Gasteiger partial charge in [0.05, 0.1) is 0 Å². The highest BCUT2D eigenvalue weighted by atomic mass is 16.7. The lowest BCUT2D eigenvalue weighted by atomic mass is 9.98. The third-order valence-electron chi connectivity index (χ3n) is 2.95. The molecule has 10 heteroatoms. The molecule has 1 heterocycles. The lowest BCUT2D eigenvalue weighted by Gasteiger charge is -2.42. The Hall–Kier alpha value is -2.20. The second-order valence-corrected chi connectivity index (χ2v) is 5.09. The fourth-order valence-electron chi connectivity index (χ4n) is 2.14. The molecule has 1 N–H and O–H groups in total. The first-order valence-electron chi connectivity index (χ1n) is 7.10. The highest BCUT2D eigenvalue weighted by Gasteiger charge is 2.50. The van der Waals surface area contributed by atoms with Gasteiger partial charge in [0, 0.05) is 27.7 Å². The number of aliphatic hydroxyl groups is 1. The molecule has 0 spiro atoms. The van der Waals surface area contributed by atoms with Gasteiger partial charge < -0.3 is 28.8 Å². The van der Waals surface area contributed by atoms with E-state index in [4.69, 9.17) is 23.7 Å². The van der Waals surface area contributed by atoms with Gasteiger partial charge in [-0.15, -0.1) is 0 Å². The Morgan fingerprint density at radius 1 is 0.833 bits per heavy atom. The first-order valence-corrected chi connectivity index (χ1v) is 7.10. The zero-order chi connectivity index (χ0) is 18.4. The van der Waals surface area contributed by atoms with Gasteiger partial charge in [-0.25, -0.2) is 0 Å². The van der Waals surface area contributed by atoms with Crippen LogP contribution >= 0.6 is 0 Å². The summed E-state index contributed by atoms with van der Waals surface area (Å²) in [6.07, 6.45) is -6.84. The average Bonchev–Trinajstić information content (AvgIpc) is 2.42. The van der Waals surface area contributed by atoms with Crippen molar-refractivity contribution in [2.24, 2.45) is 0 Å². The lowest BCUT2D eigenvalue weighted by Crippen LogP contribution is -2.62. The third-order valence-corrected chi connectivity index (χ3v) is 2.95. The summed E-state index contributed by atoms with van der Waals surface area (Å²) in [4.78, 5) is 44.6. The minimum absolute atomic E-state index is 0.366. The Balaban J connectivity index is 3.04. The molecule has 0 radical (unpaired) electrons. The summed E-state index contributed by atoms with van der Waals surface area (Å²) in [6.45, 7) is 4.08. The second kappa shape index (κ2) is 8.60. The molecule has 136 valence electrons. The highest BCUT2D eigenvalue weighted by molar-refractivity contribution is 5.68. The van der Waals surface area contributed by atoms with Crippen LogP contribution in [0, 0.1) is 0 Å². The summed E-state index contributed by atoms with van der Waals surface area (Å²) in [5.41, 5.74) is 0. The summed E-state index contributed by atoms with van der Waals surface area (Å²) in [6, 6.07) is 0. The topological polar surface area (TPSA) is 135 Å². The predicted molar refractivity (Wildman–Crippen MR) is 74.2 cm³/mol. The number of rotatable bonds is 5. The molecule has 1 rings (SSSR count). The molecule has 1 fully saturated rings. The number of carbonyl (C=O) groups is 4. The van der Waals surface area contributed by atoms with Crippen molar-refractivity contribution in [2.45, 2.75) is 58.4 Å². The molecule has 0 amide bonds. The van der Waals surface area contributed by atoms with E-state index in [-0.39, 0.29) is 6.61 Å². The number of esters is 4. The van der Waals surface area contributed by atoms with Crippen molar-refractivity contribution in [1.82, 2.24) is 0 Å². The van der Waals surface area contributed by atoms with E-state index in [1.54, 1.807) is 0 Å². The van der Waals surface area contributed by atoms with Crippen LogP contribution in [0.15, 0.2) is 0 Å². The molecular weight excluding hydrogens is 328 g/mol. The van der Waals surface area contributed by atoms with Crippen LogP contribution in [0.4, 0.5) is 0 Å². The quantitative estimate of drug-likeness (QED) is 0.490. The van der Waals surface area contributed by atoms with Crippen molar-refractivity contribution in [3.8, 4) is 0 Å². The third kappa shape index (κ3) is 5.78. The predicted octanol–water partition coefficient (Wildman–Crippen LogP) is -0.938. The van der Waals surface area contributed by atoms with Gasteiger partial charge in [-0.2, -0.15) is 0 Å². The van der Waals surface area contributed by atoms with E-state index in [0.29, 0.717) is 0 Å². The molecule has 1 aliphatic rings. The maximum atomic E-state index is 11.2. The lowest BCUT2D eigenvalue weighted by molar-refractivity contribution is -0.298. The van der Waals surface area contributed by atoms with Gasteiger partial charge in [-0.3, -0.25) is 19.2 Å². The van der Waals surface area contributed by atoms with Gasteiger partial charge in [0.2, 0.25) is 6.29 Å². The molecule has 0 aromatic heterocycles. The number of aliphatic hydroxyl groups excluding tert-OH is 1. The Bertz CT molecular complexity index is 500. The zero-order valence-electron chi connectivity index (χ0n) is 13.7. The van der Waals surface area contributed by atoms with E-state index in [1.807, 2.05) is 0 Å². The van der Waals surface area contributed by atoms with Crippen molar-refractivity contribution < 1.29 is 48.0 Å². The van der Waals surface area contributed by atoms with Crippen LogP contribution in [0.5, 0.6) is 0 Å². The van der Waals surface area contributed by atoms with Gasteiger partial charge in [0.15, 0.2) is 12.2 Å². The van der Waals surface area contributed by atoms with Crippen LogP contribution in [0.1, 0.15) is 27.7 Å². The van der Waals surface area contributed by atoms with Gasteiger partial charge >= 0.3 is 23.9 Å². The number of hydrogen-bond acceptors (Lipinski definition) is 10. The molecule has 3 unspecified atom stereocenters. The molecule has 0 bridgehead atoms. The van der Waals surface area contributed by atoms with E-state index in [9.17, 15) is 24.3 Å². The number of hydrogen-bond donors (Lipinski definition) is 1. The standard InChI is InChI=1S/C14H20O10/c1-6(15)20-5-10-12(21-7(2)16)11(19)13(22-8(3)17)14(24-10)23-9(4)18/h10-14,19H,5H2,1-4H3/t10?,11?,12-,13?,14+/m1/s1. The van der Waals surface area contributed by atoms with Crippen LogP contribution in [-0.2, 0) is 42.9 Å². The molecule has 1 saturated heterocycles. The van der Waals surface area contributed by atoms with Gasteiger partial charge in [0.25, 0.3) is 0 Å². The SMILES string of the molecule is CC(=O)OCC1O[C@H](OC(C)=O)C(OC(C)=O)C(O)[C@@H]1OC(C)=O. The normalized spacial score (nSPS) is 29.3. The maximum Gasteiger partial charge on any atom is 0.305 e. The van der Waals surface area contributed by atoms with Crippen molar-refractivity contribution >= 4 is 23.9 Å². The molecule has 0 aromatic rings. The Kier molecular flexibility index (Phi) is 7.11. The van der Waals surface area contributed by atoms with Crippen LogP contribution in [-0.4, -0.2) is 66.3 Å². The van der Waals surface area contributed by atoms with Crippen molar-refractivity contribution in [1.29, 1.82) is 0 Å². The fraction of sp³-hybridized carbons (Fsp3) is 0.714. The molecular formula is C14H20O10. The van der Waals surface area contributed by atoms with Crippen molar-refractivity contribution in [2.75, 3.05) is 6.61 Å². The van der Waals surface area contributed by atoms with Crippen LogP contribution in [0.3, 0.4) is 0 Å². The smallest absolute Gasteiger partial charge is 0.305 e. The summed E-state index contributed by atoms with van der Waals surface area (Å²) in [5, 5.41) is 10.4. The van der Waals surface area contributed by atoms with E-state index in [1.165, 1.54) is 0 Å². The number of carbonyl (C=O) groups excluding carboxylic acids is 4. The summed E-state index contributed by atoms with van der Waals surface area (Å²) >= 11 is 0. The van der Waals surface area contributed by atoms with Gasteiger partial charge in [-0.05, 0) is 0 Å². The molecule has 5 atom stereocenters. The minimum Gasteiger partial charge on any atom is -0.463 e. The average molecular weight is 348 g/mol. The summed E-state index contributed by atoms with van der Waals surface area (Å²) < 4.78 is 25.0. The first-order chi connectivity index (χ1) is 11.1. The molecule has 0 saturated carbocycles. The van der Waals surface area contributed by atoms with Crippen LogP contribution in [0.25, 0.3) is 0 Å². The molecule has 0 aromatic carbocycles. The van der Waals surface area contributed by atoms with Crippen molar-refractivity contribution in [3.63, 3.8) is 0 Å². The molecule has 24 heavy (non-hydrogen) atoms. The monoisotopic (exact) mass is 348 g/mol. The first kappa shape index (κ1) is 19.8. The molecule has 10 nitrogen and oxygen atoms in total. The van der Waals surface area contributed by atoms with E-state index < -0.39 is 54.6 Å². The van der Waals surface area contributed by atoms with Gasteiger partial charge in [0.1, 0.15) is 18.8 Å². The van der Waals surface area contributed by atoms with E-state index >= 15 is 0 Å². The zero-order valence-corrected chi connectivity index (χ0v) is 13.7. The molecule has 1 aliphatic heterocycles. The Morgan fingerprint density at radius 3 is 1.79 bits per heavy atom. The van der Waals surface area contributed by atoms with E-state index in [0.717, 1.165) is 27.7 Å².